The zero-order chi connectivity index (χ0) is 9.52. The molecular weight excluding hydrogens is 166 g/mol. The van der Waals surface area contributed by atoms with Crippen LogP contribution in [0.15, 0.2) is 24.3 Å². The summed E-state index contributed by atoms with van der Waals surface area (Å²) in [6.07, 6.45) is 0. The van der Waals surface area contributed by atoms with Crippen LogP contribution in [0.4, 0.5) is 0 Å². The summed E-state index contributed by atoms with van der Waals surface area (Å²) in [6.45, 7) is 1.72. The molecule has 1 aromatic rings. The molecule has 0 heterocycles. The van der Waals surface area contributed by atoms with Gasteiger partial charge < -0.3 is 15.2 Å². The molecule has 1 rings (SSSR count). The lowest BCUT2D eigenvalue weighted by molar-refractivity contribution is 0.146. The predicted octanol–water partition coefficient (Wildman–Crippen LogP) is 1.17. The Kier molecular flexibility index (Phi) is 4.29. The van der Waals surface area contributed by atoms with Crippen LogP contribution in [0.25, 0.3) is 0 Å². The Labute approximate surface area is 78.5 Å². The van der Waals surface area contributed by atoms with E-state index in [-0.39, 0.29) is 0 Å². The standard InChI is InChI=1S/C10H15NO2/c1-12-5-6-13-10-4-2-3-9(7-10)8-11/h2-4,7H,5-6,8,11H2,1H3. The smallest absolute Gasteiger partial charge is 0.119 e. The van der Waals surface area contributed by atoms with Gasteiger partial charge in [-0.1, -0.05) is 12.1 Å². The first-order valence-corrected chi connectivity index (χ1v) is 4.27. The Morgan fingerprint density at radius 1 is 1.31 bits per heavy atom. The monoisotopic (exact) mass is 181 g/mol. The molecule has 0 saturated carbocycles. The Morgan fingerprint density at radius 3 is 2.85 bits per heavy atom. The van der Waals surface area contributed by atoms with Gasteiger partial charge in [0.05, 0.1) is 6.61 Å². The van der Waals surface area contributed by atoms with E-state index in [0.29, 0.717) is 19.8 Å². The molecule has 2 N–H and O–H groups in total. The lowest BCUT2D eigenvalue weighted by Crippen LogP contribution is -2.04. The van der Waals surface area contributed by atoms with Crippen LogP contribution in [0.2, 0.25) is 0 Å². The minimum atomic E-state index is 0.543. The van der Waals surface area contributed by atoms with Crippen LogP contribution in [0.5, 0.6) is 5.75 Å². The average Bonchev–Trinajstić information content (AvgIpc) is 2.19. The van der Waals surface area contributed by atoms with Crippen LogP contribution in [-0.2, 0) is 11.3 Å². The van der Waals surface area contributed by atoms with E-state index in [2.05, 4.69) is 0 Å². The molecule has 0 aliphatic rings. The Balaban J connectivity index is 2.46. The fourth-order valence-corrected chi connectivity index (χ4v) is 1.01. The number of hydrogen-bond donors (Lipinski definition) is 1. The van der Waals surface area contributed by atoms with Crippen LogP contribution < -0.4 is 10.5 Å². The second-order valence-corrected chi connectivity index (χ2v) is 2.69. The maximum absolute atomic E-state index is 5.49. The van der Waals surface area contributed by atoms with Gasteiger partial charge >= 0.3 is 0 Å². The van der Waals surface area contributed by atoms with Crippen molar-refractivity contribution >= 4 is 0 Å². The molecule has 0 fully saturated rings. The molecule has 0 aliphatic heterocycles. The molecule has 13 heavy (non-hydrogen) atoms. The zero-order valence-corrected chi connectivity index (χ0v) is 7.82. The third-order valence-corrected chi connectivity index (χ3v) is 1.69. The van der Waals surface area contributed by atoms with Gasteiger partial charge in [-0.15, -0.1) is 0 Å². The largest absolute Gasteiger partial charge is 0.491 e. The number of methoxy groups -OCH3 is 1. The van der Waals surface area contributed by atoms with E-state index >= 15 is 0 Å². The van der Waals surface area contributed by atoms with Gasteiger partial charge in [0.25, 0.3) is 0 Å². The Bertz CT molecular complexity index is 250. The third kappa shape index (κ3) is 3.44. The van der Waals surface area contributed by atoms with Crippen LogP contribution in [0.3, 0.4) is 0 Å². The molecule has 3 nitrogen and oxygen atoms in total. The van der Waals surface area contributed by atoms with Gasteiger partial charge in [0.15, 0.2) is 0 Å². The van der Waals surface area contributed by atoms with Crippen molar-refractivity contribution in [2.45, 2.75) is 6.54 Å². The highest BCUT2D eigenvalue weighted by Gasteiger charge is 1.94. The summed E-state index contributed by atoms with van der Waals surface area (Å²) in [5.74, 6) is 0.847. The van der Waals surface area contributed by atoms with E-state index in [0.717, 1.165) is 11.3 Å². The summed E-state index contributed by atoms with van der Waals surface area (Å²) in [5.41, 5.74) is 6.57. The highest BCUT2D eigenvalue weighted by atomic mass is 16.5. The Hall–Kier alpha value is -1.06. The van der Waals surface area contributed by atoms with Crippen molar-refractivity contribution in [3.63, 3.8) is 0 Å². The average molecular weight is 181 g/mol. The topological polar surface area (TPSA) is 44.5 Å². The van der Waals surface area contributed by atoms with E-state index in [1.807, 2.05) is 24.3 Å². The number of benzene rings is 1. The van der Waals surface area contributed by atoms with Crippen LogP contribution in [0.1, 0.15) is 5.56 Å². The summed E-state index contributed by atoms with van der Waals surface area (Å²) in [7, 11) is 1.65. The van der Waals surface area contributed by atoms with Crippen molar-refractivity contribution in [3.05, 3.63) is 29.8 Å². The molecule has 0 amide bonds. The summed E-state index contributed by atoms with van der Waals surface area (Å²) in [4.78, 5) is 0. The first-order chi connectivity index (χ1) is 6.36. The molecule has 72 valence electrons. The van der Waals surface area contributed by atoms with Gasteiger partial charge in [-0.25, -0.2) is 0 Å². The molecule has 0 saturated heterocycles. The van der Waals surface area contributed by atoms with Crippen molar-refractivity contribution < 1.29 is 9.47 Å². The van der Waals surface area contributed by atoms with Crippen LogP contribution in [0, 0.1) is 0 Å². The van der Waals surface area contributed by atoms with Gasteiger partial charge in [-0.05, 0) is 17.7 Å². The van der Waals surface area contributed by atoms with E-state index in [1.165, 1.54) is 0 Å². The summed E-state index contributed by atoms with van der Waals surface area (Å²) in [6, 6.07) is 7.76. The number of hydrogen-bond acceptors (Lipinski definition) is 3. The van der Waals surface area contributed by atoms with E-state index in [4.69, 9.17) is 15.2 Å². The quantitative estimate of drug-likeness (QED) is 0.693. The molecule has 0 aliphatic carbocycles. The zero-order valence-electron chi connectivity index (χ0n) is 7.82. The first-order valence-electron chi connectivity index (χ1n) is 4.27. The summed E-state index contributed by atoms with van der Waals surface area (Å²) < 4.78 is 10.3. The summed E-state index contributed by atoms with van der Waals surface area (Å²) in [5, 5.41) is 0. The predicted molar refractivity (Wildman–Crippen MR) is 51.7 cm³/mol. The third-order valence-electron chi connectivity index (χ3n) is 1.69. The molecule has 3 heteroatoms. The molecule has 1 aromatic carbocycles. The minimum Gasteiger partial charge on any atom is -0.491 e. The van der Waals surface area contributed by atoms with Crippen molar-refractivity contribution in [3.8, 4) is 5.75 Å². The maximum atomic E-state index is 5.49. The highest BCUT2D eigenvalue weighted by molar-refractivity contribution is 5.28. The van der Waals surface area contributed by atoms with Crippen molar-refractivity contribution in [1.82, 2.24) is 0 Å². The lowest BCUT2D eigenvalue weighted by Gasteiger charge is -2.06. The number of ether oxygens (including phenoxy) is 2. The molecule has 0 bridgehead atoms. The van der Waals surface area contributed by atoms with Gasteiger partial charge in [0.1, 0.15) is 12.4 Å². The van der Waals surface area contributed by atoms with E-state index < -0.39 is 0 Å². The molecule has 0 spiro atoms. The van der Waals surface area contributed by atoms with Crippen LogP contribution in [-0.4, -0.2) is 20.3 Å². The lowest BCUT2D eigenvalue weighted by atomic mass is 10.2. The minimum absolute atomic E-state index is 0.543. The van der Waals surface area contributed by atoms with Crippen molar-refractivity contribution in [2.75, 3.05) is 20.3 Å². The fraction of sp³-hybridized carbons (Fsp3) is 0.400. The van der Waals surface area contributed by atoms with Crippen molar-refractivity contribution in [1.29, 1.82) is 0 Å². The van der Waals surface area contributed by atoms with Gasteiger partial charge in [-0.3, -0.25) is 0 Å². The van der Waals surface area contributed by atoms with Crippen molar-refractivity contribution in [2.24, 2.45) is 5.73 Å². The van der Waals surface area contributed by atoms with E-state index in [1.54, 1.807) is 7.11 Å². The van der Waals surface area contributed by atoms with Gasteiger partial charge in [0.2, 0.25) is 0 Å². The normalized spacial score (nSPS) is 10.0. The van der Waals surface area contributed by atoms with Gasteiger partial charge in [0, 0.05) is 13.7 Å². The fourth-order valence-electron chi connectivity index (χ4n) is 1.01. The second-order valence-electron chi connectivity index (χ2n) is 2.69. The molecule has 0 atom stereocenters. The highest BCUT2D eigenvalue weighted by Crippen LogP contribution is 2.12. The molecular formula is C10H15NO2. The van der Waals surface area contributed by atoms with Crippen LogP contribution >= 0.6 is 0 Å². The number of rotatable bonds is 5. The SMILES string of the molecule is COCCOc1cccc(CN)c1. The van der Waals surface area contributed by atoms with Gasteiger partial charge in [-0.2, -0.15) is 0 Å². The second kappa shape index (κ2) is 5.56. The molecule has 0 aromatic heterocycles. The molecule has 0 unspecified atom stereocenters. The first kappa shape index (κ1) is 10.0. The molecule has 0 radical (unpaired) electrons. The number of nitrogens with two attached hydrogens (primary N) is 1. The summed E-state index contributed by atoms with van der Waals surface area (Å²) >= 11 is 0. The Morgan fingerprint density at radius 2 is 2.15 bits per heavy atom. The maximum Gasteiger partial charge on any atom is 0.119 e. The van der Waals surface area contributed by atoms with E-state index in [9.17, 15) is 0 Å².